The van der Waals surface area contributed by atoms with E-state index in [1.54, 1.807) is 42.5 Å². The van der Waals surface area contributed by atoms with Gasteiger partial charge in [0, 0.05) is 19.5 Å². The number of nitrogens with two attached hydrogens (primary N) is 5. The predicted octanol–water partition coefficient (Wildman–Crippen LogP) is -2.54. The largest absolute Gasteiger partial charge is 0.508 e. The molecule has 0 aromatic heterocycles. The van der Waals surface area contributed by atoms with Crippen LogP contribution in [-0.2, 0) is 32.0 Å². The Morgan fingerprint density at radius 3 is 1.90 bits per heavy atom. The topological polar surface area (TPSA) is 267 Å². The molecule has 0 bridgehead atoms. The lowest BCUT2D eigenvalue weighted by Crippen LogP contribution is -2.59. The van der Waals surface area contributed by atoms with Crippen molar-refractivity contribution in [1.29, 1.82) is 0 Å². The van der Waals surface area contributed by atoms with Crippen molar-refractivity contribution in [3.05, 3.63) is 65.7 Å². The summed E-state index contributed by atoms with van der Waals surface area (Å²) < 4.78 is 0. The van der Waals surface area contributed by atoms with Crippen molar-refractivity contribution in [2.75, 3.05) is 13.1 Å². The molecule has 0 saturated heterocycles. The number of hydrogen-bond donors (Lipinski definition) is 9. The summed E-state index contributed by atoms with van der Waals surface area (Å²) in [7, 11) is 0. The molecule has 0 unspecified atom stereocenters. The Balaban J connectivity index is 2.21. The molecule has 0 radical (unpaired) electrons. The van der Waals surface area contributed by atoms with E-state index < -0.39 is 47.8 Å². The second kappa shape index (κ2) is 16.4. The molecule has 14 heteroatoms. The summed E-state index contributed by atoms with van der Waals surface area (Å²) in [4.78, 5) is 55.1. The first kappa shape index (κ1) is 32.5. The highest BCUT2D eigenvalue weighted by atomic mass is 16.3. The van der Waals surface area contributed by atoms with Crippen LogP contribution in [0, 0.1) is 0 Å². The standard InChI is InChI=1S/C27H39N9O5/c28-15-22(23(30)38)36-26(41)21(14-16-5-2-1-3-6-16)35-25(40)20(7-4-12-33-27(31)32)34-24(39)19(29)13-17-8-10-18(37)11-9-17/h1-3,5-6,8-11,19-22,37H,4,7,12-15,28-29H2,(H2,30,38)(H,34,39)(H,35,40)(H,36,41)(H4,31,32,33)/t19-,20+,21-,22-/m0/s1. The van der Waals surface area contributed by atoms with E-state index in [1.165, 1.54) is 12.1 Å². The van der Waals surface area contributed by atoms with Gasteiger partial charge in [0.2, 0.25) is 23.6 Å². The van der Waals surface area contributed by atoms with E-state index in [9.17, 15) is 24.3 Å². The Labute approximate surface area is 238 Å². The molecule has 0 aliphatic heterocycles. The van der Waals surface area contributed by atoms with E-state index in [0.717, 1.165) is 5.56 Å². The molecule has 2 aromatic rings. The lowest BCUT2D eigenvalue weighted by atomic mass is 10.0. The van der Waals surface area contributed by atoms with Crippen LogP contribution < -0.4 is 44.6 Å². The third-order valence-corrected chi connectivity index (χ3v) is 6.12. The zero-order valence-electron chi connectivity index (χ0n) is 22.7. The zero-order chi connectivity index (χ0) is 30.4. The number of primary amides is 1. The van der Waals surface area contributed by atoms with Gasteiger partial charge < -0.3 is 49.7 Å². The van der Waals surface area contributed by atoms with Crippen LogP contribution in [0.15, 0.2) is 59.6 Å². The normalized spacial score (nSPS) is 13.6. The summed E-state index contributed by atoms with van der Waals surface area (Å²) in [5.41, 5.74) is 29.2. The molecule has 2 rings (SSSR count). The third kappa shape index (κ3) is 11.5. The van der Waals surface area contributed by atoms with Crippen molar-refractivity contribution in [2.45, 2.75) is 49.9 Å². The second-order valence-corrected chi connectivity index (χ2v) is 9.44. The number of benzene rings is 2. The van der Waals surface area contributed by atoms with E-state index in [1.807, 2.05) is 0 Å². The highest BCUT2D eigenvalue weighted by Crippen LogP contribution is 2.11. The number of aromatic hydroxyl groups is 1. The van der Waals surface area contributed by atoms with Crippen LogP contribution in [0.4, 0.5) is 0 Å². The second-order valence-electron chi connectivity index (χ2n) is 9.44. The number of aliphatic imine (C=N–C) groups is 1. The SMILES string of the molecule is NC[C@H](NC(=O)[C@H](Cc1ccccc1)NC(=O)[C@@H](CCCN=C(N)N)NC(=O)[C@@H](N)Cc1ccc(O)cc1)C(N)=O. The lowest BCUT2D eigenvalue weighted by molar-refractivity contribution is -0.133. The third-order valence-electron chi connectivity index (χ3n) is 6.12. The van der Waals surface area contributed by atoms with E-state index in [4.69, 9.17) is 28.7 Å². The number of hydrogen-bond acceptors (Lipinski definition) is 8. The maximum absolute atomic E-state index is 13.4. The van der Waals surface area contributed by atoms with Crippen molar-refractivity contribution >= 4 is 29.6 Å². The van der Waals surface area contributed by atoms with E-state index in [2.05, 4.69) is 20.9 Å². The predicted molar refractivity (Wildman–Crippen MR) is 154 cm³/mol. The van der Waals surface area contributed by atoms with Gasteiger partial charge in [-0.25, -0.2) is 0 Å². The highest BCUT2D eigenvalue weighted by Gasteiger charge is 2.30. The Morgan fingerprint density at radius 1 is 0.756 bits per heavy atom. The Kier molecular flexibility index (Phi) is 13.0. The fraction of sp³-hybridized carbons (Fsp3) is 0.370. The van der Waals surface area contributed by atoms with Crippen molar-refractivity contribution in [3.63, 3.8) is 0 Å². The van der Waals surface area contributed by atoms with Crippen molar-refractivity contribution in [3.8, 4) is 5.75 Å². The molecule has 41 heavy (non-hydrogen) atoms. The lowest BCUT2D eigenvalue weighted by Gasteiger charge is -2.25. The van der Waals surface area contributed by atoms with Gasteiger partial charge in [-0.3, -0.25) is 24.2 Å². The first-order valence-electron chi connectivity index (χ1n) is 13.0. The van der Waals surface area contributed by atoms with Crippen molar-refractivity contribution in [1.82, 2.24) is 16.0 Å². The van der Waals surface area contributed by atoms with Gasteiger partial charge in [-0.2, -0.15) is 0 Å². The van der Waals surface area contributed by atoms with Gasteiger partial charge in [0.25, 0.3) is 0 Å². The molecule has 4 amide bonds. The molecular weight excluding hydrogens is 530 g/mol. The molecule has 0 aliphatic carbocycles. The minimum absolute atomic E-state index is 0.0759. The van der Waals surface area contributed by atoms with Crippen LogP contribution in [0.25, 0.3) is 0 Å². The molecule has 4 atom stereocenters. The molecule has 14 N–H and O–H groups in total. The highest BCUT2D eigenvalue weighted by molar-refractivity contribution is 5.94. The quantitative estimate of drug-likeness (QED) is 0.0584. The summed E-state index contributed by atoms with van der Waals surface area (Å²) in [6, 6.07) is 10.8. The van der Waals surface area contributed by atoms with E-state index >= 15 is 0 Å². The van der Waals surface area contributed by atoms with Gasteiger partial charge >= 0.3 is 0 Å². The molecule has 222 valence electrons. The fourth-order valence-electron chi connectivity index (χ4n) is 3.88. The van der Waals surface area contributed by atoms with Gasteiger partial charge in [-0.15, -0.1) is 0 Å². The summed E-state index contributed by atoms with van der Waals surface area (Å²) in [6.07, 6.45) is 0.702. The van der Waals surface area contributed by atoms with Crippen molar-refractivity contribution < 1.29 is 24.3 Å². The van der Waals surface area contributed by atoms with Gasteiger partial charge in [0.05, 0.1) is 6.04 Å². The number of carbonyl (C=O) groups is 4. The van der Waals surface area contributed by atoms with Gasteiger partial charge in [-0.05, 0) is 42.5 Å². The van der Waals surface area contributed by atoms with Crippen LogP contribution in [-0.4, -0.2) is 72.0 Å². The van der Waals surface area contributed by atoms with Crippen LogP contribution in [0.3, 0.4) is 0 Å². The van der Waals surface area contributed by atoms with Crippen LogP contribution >= 0.6 is 0 Å². The number of nitrogens with one attached hydrogen (secondary N) is 3. The first-order chi connectivity index (χ1) is 19.5. The smallest absolute Gasteiger partial charge is 0.243 e. The number of amides is 4. The number of phenolic OH excluding ortho intramolecular Hbond substituents is 1. The van der Waals surface area contributed by atoms with Crippen molar-refractivity contribution in [2.24, 2.45) is 33.7 Å². The minimum atomic E-state index is -1.13. The molecular formula is C27H39N9O5. The molecule has 2 aromatic carbocycles. The Bertz CT molecular complexity index is 1190. The number of guanidine groups is 1. The van der Waals surface area contributed by atoms with Gasteiger partial charge in [0.15, 0.2) is 5.96 Å². The number of rotatable bonds is 16. The molecule has 14 nitrogen and oxygen atoms in total. The Morgan fingerprint density at radius 2 is 1.32 bits per heavy atom. The monoisotopic (exact) mass is 569 g/mol. The average molecular weight is 570 g/mol. The number of nitrogens with zero attached hydrogens (tertiary/aromatic N) is 1. The molecule has 0 saturated carbocycles. The molecule has 0 fully saturated rings. The maximum atomic E-state index is 13.4. The number of carbonyl (C=O) groups excluding carboxylic acids is 4. The van der Waals surface area contributed by atoms with Crippen LogP contribution in [0.5, 0.6) is 5.75 Å². The number of phenols is 1. The summed E-state index contributed by atoms with van der Waals surface area (Å²) in [5, 5.41) is 17.3. The zero-order valence-corrected chi connectivity index (χ0v) is 22.7. The fourth-order valence-corrected chi connectivity index (χ4v) is 3.88. The first-order valence-corrected chi connectivity index (χ1v) is 13.0. The molecule has 0 aliphatic rings. The van der Waals surface area contributed by atoms with Gasteiger partial charge in [0.1, 0.15) is 23.9 Å². The van der Waals surface area contributed by atoms with Gasteiger partial charge in [-0.1, -0.05) is 42.5 Å². The molecule has 0 spiro atoms. The minimum Gasteiger partial charge on any atom is -0.508 e. The van der Waals surface area contributed by atoms with E-state index in [0.29, 0.717) is 12.0 Å². The summed E-state index contributed by atoms with van der Waals surface area (Å²) >= 11 is 0. The average Bonchev–Trinajstić information content (AvgIpc) is 2.94. The summed E-state index contributed by atoms with van der Waals surface area (Å²) in [5.74, 6) is -2.79. The van der Waals surface area contributed by atoms with E-state index in [-0.39, 0.29) is 44.1 Å². The van der Waals surface area contributed by atoms with Crippen LogP contribution in [0.2, 0.25) is 0 Å². The summed E-state index contributed by atoms with van der Waals surface area (Å²) in [6.45, 7) is -0.0261. The Hall–Kier alpha value is -4.69. The van der Waals surface area contributed by atoms with Crippen LogP contribution in [0.1, 0.15) is 24.0 Å². The maximum Gasteiger partial charge on any atom is 0.243 e. The molecule has 0 heterocycles.